The van der Waals surface area contributed by atoms with Crippen molar-refractivity contribution in [3.8, 4) is 11.8 Å². The zero-order valence-corrected chi connectivity index (χ0v) is 16.3. The van der Waals surface area contributed by atoms with Crippen LogP contribution in [0, 0.1) is 31.6 Å². The first kappa shape index (κ1) is 18.6. The molecule has 5 nitrogen and oxygen atoms in total. The van der Waals surface area contributed by atoms with Crippen molar-refractivity contribution in [2.24, 2.45) is 5.92 Å². The number of nitrogens with zero attached hydrogens (tertiary/aromatic N) is 3. The summed E-state index contributed by atoms with van der Waals surface area (Å²) in [5.74, 6) is 7.14. The van der Waals surface area contributed by atoms with Gasteiger partial charge in [0.1, 0.15) is 0 Å². The van der Waals surface area contributed by atoms with Crippen molar-refractivity contribution < 1.29 is 4.79 Å². The second-order valence-corrected chi connectivity index (χ2v) is 7.89. The molecule has 0 atom stereocenters. The van der Waals surface area contributed by atoms with Crippen molar-refractivity contribution in [1.29, 1.82) is 0 Å². The molecule has 1 N–H and O–H groups in total. The second-order valence-electron chi connectivity index (χ2n) is 6.77. The van der Waals surface area contributed by atoms with Gasteiger partial charge in [0, 0.05) is 47.4 Å². The number of aryl methyl sites for hydroxylation is 2. The Kier molecular flexibility index (Phi) is 6.02. The standard InChI is InChI=1S/C20H24N4OS/c1-14-10-18(11-15(2)22-14)5-4-17-6-8-24(9-7-17)13-19-12-21-20(26-19)23-16(3)25/h10-12,17H,6-9,13H2,1-3H3,(H,21,23,25). The summed E-state index contributed by atoms with van der Waals surface area (Å²) >= 11 is 1.55. The van der Waals surface area contributed by atoms with Crippen molar-refractivity contribution in [2.45, 2.75) is 40.2 Å². The number of carbonyl (C=O) groups excluding carboxylic acids is 1. The van der Waals surface area contributed by atoms with Crippen LogP contribution >= 0.6 is 11.3 Å². The van der Waals surface area contributed by atoms with Crippen molar-refractivity contribution in [2.75, 3.05) is 18.4 Å². The maximum absolute atomic E-state index is 11.1. The molecule has 2 aromatic rings. The molecule has 136 valence electrons. The van der Waals surface area contributed by atoms with E-state index in [0.717, 1.165) is 49.4 Å². The van der Waals surface area contributed by atoms with Crippen molar-refractivity contribution in [3.05, 3.63) is 40.2 Å². The molecule has 1 saturated heterocycles. The summed E-state index contributed by atoms with van der Waals surface area (Å²) in [7, 11) is 0. The van der Waals surface area contributed by atoms with Crippen molar-refractivity contribution in [3.63, 3.8) is 0 Å². The molecule has 26 heavy (non-hydrogen) atoms. The van der Waals surface area contributed by atoms with E-state index in [2.05, 4.69) is 32.0 Å². The van der Waals surface area contributed by atoms with E-state index in [-0.39, 0.29) is 5.91 Å². The van der Waals surface area contributed by atoms with Gasteiger partial charge in [-0.3, -0.25) is 14.7 Å². The van der Waals surface area contributed by atoms with Gasteiger partial charge in [0.05, 0.1) is 0 Å². The van der Waals surface area contributed by atoms with E-state index in [1.54, 1.807) is 11.3 Å². The topological polar surface area (TPSA) is 58.1 Å². The molecule has 0 radical (unpaired) electrons. The number of pyridine rings is 1. The normalized spacial score (nSPS) is 15.3. The Hall–Kier alpha value is -2.23. The SMILES string of the molecule is CC(=O)Nc1ncc(CN2CCC(C#Cc3cc(C)nc(C)c3)CC2)s1. The zero-order valence-electron chi connectivity index (χ0n) is 15.5. The molecule has 3 heterocycles. The largest absolute Gasteiger partial charge is 0.302 e. The van der Waals surface area contributed by atoms with E-state index >= 15 is 0 Å². The molecule has 0 spiro atoms. The highest BCUT2D eigenvalue weighted by Gasteiger charge is 2.18. The minimum atomic E-state index is -0.0788. The van der Waals surface area contributed by atoms with Gasteiger partial charge in [-0.15, -0.1) is 11.3 Å². The number of aromatic nitrogens is 2. The maximum Gasteiger partial charge on any atom is 0.223 e. The van der Waals surface area contributed by atoms with Crippen LogP contribution < -0.4 is 5.32 Å². The molecule has 3 rings (SSSR count). The van der Waals surface area contributed by atoms with Gasteiger partial charge in [-0.1, -0.05) is 11.8 Å². The molecule has 0 unspecified atom stereocenters. The van der Waals surface area contributed by atoms with Crippen LogP contribution in [0.1, 0.15) is 41.6 Å². The molecule has 1 aliphatic heterocycles. The van der Waals surface area contributed by atoms with E-state index in [1.165, 1.54) is 11.8 Å². The summed E-state index contributed by atoms with van der Waals surface area (Å²) in [5.41, 5.74) is 3.10. The number of hydrogen-bond acceptors (Lipinski definition) is 5. The Labute approximate surface area is 158 Å². The average Bonchev–Trinajstić information content (AvgIpc) is 2.99. The van der Waals surface area contributed by atoms with E-state index in [0.29, 0.717) is 11.0 Å². The molecular formula is C20H24N4OS. The number of hydrogen-bond donors (Lipinski definition) is 1. The first-order chi connectivity index (χ1) is 12.5. The molecule has 0 bridgehead atoms. The molecule has 0 saturated carbocycles. The van der Waals surface area contributed by atoms with Gasteiger partial charge in [-0.25, -0.2) is 4.98 Å². The van der Waals surface area contributed by atoms with Crippen LogP contribution in [-0.4, -0.2) is 33.9 Å². The molecule has 0 aliphatic carbocycles. The molecule has 1 fully saturated rings. The third-order valence-electron chi connectivity index (χ3n) is 4.31. The minimum absolute atomic E-state index is 0.0788. The predicted molar refractivity (Wildman–Crippen MR) is 105 cm³/mol. The van der Waals surface area contributed by atoms with Gasteiger partial charge >= 0.3 is 0 Å². The van der Waals surface area contributed by atoms with Gasteiger partial charge in [0.2, 0.25) is 5.91 Å². The molecule has 6 heteroatoms. The number of nitrogens with one attached hydrogen (secondary N) is 1. The summed E-state index contributed by atoms with van der Waals surface area (Å²) in [6.07, 6.45) is 4.04. The van der Waals surface area contributed by atoms with E-state index in [1.807, 2.05) is 32.2 Å². The Morgan fingerprint density at radius 3 is 2.65 bits per heavy atom. The quantitative estimate of drug-likeness (QED) is 0.844. The fourth-order valence-electron chi connectivity index (χ4n) is 3.14. The van der Waals surface area contributed by atoms with Gasteiger partial charge in [0.25, 0.3) is 0 Å². The van der Waals surface area contributed by atoms with Gasteiger partial charge in [0.15, 0.2) is 5.13 Å². The molecule has 1 amide bonds. The Morgan fingerprint density at radius 1 is 1.31 bits per heavy atom. The third kappa shape index (κ3) is 5.38. The van der Waals surface area contributed by atoms with Gasteiger partial charge < -0.3 is 5.32 Å². The molecule has 0 aromatic carbocycles. The summed E-state index contributed by atoms with van der Waals surface area (Å²) in [6, 6.07) is 4.09. The third-order valence-corrected chi connectivity index (χ3v) is 5.20. The number of amides is 1. The highest BCUT2D eigenvalue weighted by Crippen LogP contribution is 2.23. The van der Waals surface area contributed by atoms with Gasteiger partial charge in [-0.2, -0.15) is 0 Å². The van der Waals surface area contributed by atoms with E-state index < -0.39 is 0 Å². The minimum Gasteiger partial charge on any atom is -0.302 e. The number of thiazole rings is 1. The molecular weight excluding hydrogens is 344 g/mol. The summed E-state index contributed by atoms with van der Waals surface area (Å²) < 4.78 is 0. The van der Waals surface area contributed by atoms with Crippen LogP contribution in [0.15, 0.2) is 18.3 Å². The molecule has 1 aliphatic rings. The van der Waals surface area contributed by atoms with Crippen molar-refractivity contribution >= 4 is 22.4 Å². The zero-order chi connectivity index (χ0) is 18.5. The number of anilines is 1. The monoisotopic (exact) mass is 368 g/mol. The fourth-order valence-corrected chi connectivity index (χ4v) is 4.04. The highest BCUT2D eigenvalue weighted by atomic mass is 32.1. The first-order valence-electron chi connectivity index (χ1n) is 8.89. The average molecular weight is 369 g/mol. The number of likely N-dealkylation sites (tertiary alicyclic amines) is 1. The lowest BCUT2D eigenvalue weighted by atomic mass is 9.97. The van der Waals surface area contributed by atoms with Crippen LogP contribution in [-0.2, 0) is 11.3 Å². The van der Waals surface area contributed by atoms with Crippen LogP contribution in [0.2, 0.25) is 0 Å². The fraction of sp³-hybridized carbons (Fsp3) is 0.450. The number of carbonyl (C=O) groups is 1. The number of piperidine rings is 1. The Morgan fingerprint density at radius 2 is 2.00 bits per heavy atom. The number of rotatable bonds is 3. The lowest BCUT2D eigenvalue weighted by Crippen LogP contribution is -2.32. The smallest absolute Gasteiger partial charge is 0.223 e. The van der Waals surface area contributed by atoms with Gasteiger partial charge in [-0.05, 0) is 51.9 Å². The lowest BCUT2D eigenvalue weighted by molar-refractivity contribution is -0.114. The second kappa shape index (κ2) is 8.43. The Balaban J connectivity index is 1.51. The molecule has 2 aromatic heterocycles. The van der Waals surface area contributed by atoms with Crippen LogP contribution in [0.4, 0.5) is 5.13 Å². The van der Waals surface area contributed by atoms with Crippen LogP contribution in [0.25, 0.3) is 0 Å². The lowest BCUT2D eigenvalue weighted by Gasteiger charge is -2.29. The highest BCUT2D eigenvalue weighted by molar-refractivity contribution is 7.15. The summed E-state index contributed by atoms with van der Waals surface area (Å²) in [6.45, 7) is 8.49. The summed E-state index contributed by atoms with van der Waals surface area (Å²) in [5, 5.41) is 3.41. The predicted octanol–water partition coefficient (Wildman–Crippen LogP) is 3.38. The first-order valence-corrected chi connectivity index (χ1v) is 9.71. The van der Waals surface area contributed by atoms with Crippen LogP contribution in [0.5, 0.6) is 0 Å². The summed E-state index contributed by atoms with van der Waals surface area (Å²) in [4.78, 5) is 23.3. The van der Waals surface area contributed by atoms with Crippen LogP contribution in [0.3, 0.4) is 0 Å². The van der Waals surface area contributed by atoms with E-state index in [9.17, 15) is 4.79 Å². The van der Waals surface area contributed by atoms with Crippen molar-refractivity contribution in [1.82, 2.24) is 14.9 Å². The Bertz CT molecular complexity index is 821. The van der Waals surface area contributed by atoms with E-state index in [4.69, 9.17) is 0 Å². The maximum atomic E-state index is 11.1.